The number of hydrogen-bond acceptors (Lipinski definition) is 6. The molecule has 0 saturated heterocycles. The lowest BCUT2D eigenvalue weighted by Gasteiger charge is -2.14. The Labute approximate surface area is 166 Å². The number of rotatable bonds is 7. The lowest BCUT2D eigenvalue weighted by atomic mass is 10.0. The van der Waals surface area contributed by atoms with Crippen molar-refractivity contribution in [2.45, 2.75) is 19.8 Å². The molecule has 10 heteroatoms. The molecular formula is C19H20FN3O5S. The zero-order valence-corrected chi connectivity index (χ0v) is 16.8. The summed E-state index contributed by atoms with van der Waals surface area (Å²) in [5.74, 6) is 0.645. The van der Waals surface area contributed by atoms with Crippen LogP contribution in [0.4, 0.5) is 10.1 Å². The van der Waals surface area contributed by atoms with Crippen LogP contribution in [0.2, 0.25) is 0 Å². The summed E-state index contributed by atoms with van der Waals surface area (Å²) in [7, 11) is -2.00. The van der Waals surface area contributed by atoms with E-state index in [1.165, 1.54) is 30.9 Å². The number of hydrogen-bond donors (Lipinski definition) is 1. The van der Waals surface area contributed by atoms with E-state index in [1.807, 2.05) is 0 Å². The van der Waals surface area contributed by atoms with Crippen LogP contribution < -0.4 is 15.0 Å². The highest BCUT2D eigenvalue weighted by Crippen LogP contribution is 2.37. The Bertz CT molecular complexity index is 1240. The summed E-state index contributed by atoms with van der Waals surface area (Å²) in [6.45, 7) is 2.00. The van der Waals surface area contributed by atoms with Crippen LogP contribution in [0.15, 0.2) is 33.7 Å². The molecule has 0 spiro atoms. The molecule has 1 saturated carbocycles. The number of fused-ring (bicyclic) bond motifs is 1. The van der Waals surface area contributed by atoms with Crippen molar-refractivity contribution in [2.24, 2.45) is 13.0 Å². The van der Waals surface area contributed by atoms with Crippen molar-refractivity contribution in [3.8, 4) is 17.0 Å². The topological polar surface area (TPSA) is 103 Å². The standard InChI is InChI=1S/C19H20FN3O5S/c1-3-29(25,26)22-12-6-14(18(21-8-12)27-10-11-4-5-11)15-9-23(2)19(24)17-13(15)7-16(20)28-17/h6-9,11,22H,3-5,10H2,1-2H3. The number of anilines is 1. The first kappa shape index (κ1) is 19.4. The monoisotopic (exact) mass is 421 g/mol. The SMILES string of the molecule is CCS(=O)(=O)Nc1cnc(OCC2CC2)c(-c2cn(C)c(=O)c3oc(F)cc23)c1. The zero-order valence-electron chi connectivity index (χ0n) is 15.9. The maximum absolute atomic E-state index is 13.8. The van der Waals surface area contributed by atoms with Gasteiger partial charge in [0.2, 0.25) is 21.5 Å². The molecule has 0 atom stereocenters. The Balaban J connectivity index is 1.88. The average Bonchev–Trinajstić information content (AvgIpc) is 3.43. The van der Waals surface area contributed by atoms with E-state index in [0.29, 0.717) is 23.7 Å². The molecule has 0 aliphatic heterocycles. The number of aryl methyl sites for hydroxylation is 1. The van der Waals surface area contributed by atoms with Gasteiger partial charge in [-0.25, -0.2) is 13.4 Å². The number of pyridine rings is 2. The van der Waals surface area contributed by atoms with Crippen LogP contribution in [-0.2, 0) is 17.1 Å². The molecule has 1 aliphatic carbocycles. The van der Waals surface area contributed by atoms with Gasteiger partial charge in [-0.05, 0) is 31.7 Å². The van der Waals surface area contributed by atoms with Gasteiger partial charge in [-0.15, -0.1) is 0 Å². The number of nitrogens with one attached hydrogen (secondary N) is 1. The molecule has 0 bridgehead atoms. The van der Waals surface area contributed by atoms with E-state index >= 15 is 0 Å². The highest BCUT2D eigenvalue weighted by atomic mass is 32.2. The quantitative estimate of drug-likeness (QED) is 0.629. The number of furan rings is 1. The maximum Gasteiger partial charge on any atom is 0.294 e. The largest absolute Gasteiger partial charge is 0.477 e. The van der Waals surface area contributed by atoms with Crippen LogP contribution >= 0.6 is 0 Å². The predicted octanol–water partition coefficient (Wildman–Crippen LogP) is 2.88. The first-order valence-electron chi connectivity index (χ1n) is 9.20. The van der Waals surface area contributed by atoms with Crippen LogP contribution in [0, 0.1) is 11.9 Å². The molecule has 0 amide bonds. The lowest BCUT2D eigenvalue weighted by molar-refractivity contribution is 0.290. The van der Waals surface area contributed by atoms with Crippen molar-refractivity contribution in [3.05, 3.63) is 40.9 Å². The van der Waals surface area contributed by atoms with Gasteiger partial charge in [0.15, 0.2) is 0 Å². The summed E-state index contributed by atoms with van der Waals surface area (Å²) < 4.78 is 52.2. The van der Waals surface area contributed by atoms with Gasteiger partial charge in [-0.1, -0.05) is 0 Å². The van der Waals surface area contributed by atoms with Crippen molar-refractivity contribution in [2.75, 3.05) is 17.1 Å². The van der Waals surface area contributed by atoms with Gasteiger partial charge >= 0.3 is 0 Å². The van der Waals surface area contributed by atoms with Crippen molar-refractivity contribution in [3.63, 3.8) is 0 Å². The van der Waals surface area contributed by atoms with Gasteiger partial charge in [0.1, 0.15) is 0 Å². The first-order chi connectivity index (χ1) is 13.8. The Morgan fingerprint density at radius 1 is 1.34 bits per heavy atom. The highest BCUT2D eigenvalue weighted by molar-refractivity contribution is 7.92. The summed E-state index contributed by atoms with van der Waals surface area (Å²) in [6.07, 6.45) is 5.06. The van der Waals surface area contributed by atoms with E-state index in [4.69, 9.17) is 9.15 Å². The molecule has 3 aromatic heterocycles. The Kier molecular flexibility index (Phi) is 4.81. The van der Waals surface area contributed by atoms with Crippen molar-refractivity contribution in [1.29, 1.82) is 0 Å². The van der Waals surface area contributed by atoms with Gasteiger partial charge < -0.3 is 13.7 Å². The number of halogens is 1. The number of ether oxygens (including phenoxy) is 1. The van der Waals surface area contributed by atoms with Gasteiger partial charge in [0.05, 0.1) is 24.2 Å². The van der Waals surface area contributed by atoms with Crippen LogP contribution in [0.5, 0.6) is 5.88 Å². The third-order valence-electron chi connectivity index (χ3n) is 4.78. The highest BCUT2D eigenvalue weighted by Gasteiger charge is 2.24. The zero-order chi connectivity index (χ0) is 20.8. The molecule has 154 valence electrons. The van der Waals surface area contributed by atoms with Crippen LogP contribution in [-0.4, -0.2) is 30.3 Å². The molecule has 3 aromatic rings. The lowest BCUT2D eigenvalue weighted by Crippen LogP contribution is -2.16. The van der Waals surface area contributed by atoms with Gasteiger partial charge in [-0.2, -0.15) is 4.39 Å². The summed E-state index contributed by atoms with van der Waals surface area (Å²) in [6, 6.07) is 1.80. The summed E-state index contributed by atoms with van der Waals surface area (Å²) in [4.78, 5) is 16.6. The van der Waals surface area contributed by atoms with Gasteiger partial charge in [0, 0.05) is 35.8 Å². The van der Waals surface area contributed by atoms with Gasteiger partial charge in [0.25, 0.3) is 11.6 Å². The van der Waals surface area contributed by atoms with Gasteiger partial charge in [-0.3, -0.25) is 9.52 Å². The Hall–Kier alpha value is -2.88. The van der Waals surface area contributed by atoms with E-state index < -0.39 is 21.6 Å². The van der Waals surface area contributed by atoms with Crippen LogP contribution in [0.3, 0.4) is 0 Å². The minimum Gasteiger partial charge on any atom is -0.477 e. The Morgan fingerprint density at radius 2 is 2.10 bits per heavy atom. The molecule has 1 fully saturated rings. The fraction of sp³-hybridized carbons (Fsp3) is 0.368. The minimum absolute atomic E-state index is 0.0979. The molecule has 1 N–H and O–H groups in total. The van der Waals surface area contributed by atoms with Crippen molar-refractivity contribution >= 4 is 26.7 Å². The molecule has 29 heavy (non-hydrogen) atoms. The Morgan fingerprint density at radius 3 is 2.79 bits per heavy atom. The van der Waals surface area contributed by atoms with E-state index in [0.717, 1.165) is 18.9 Å². The first-order valence-corrected chi connectivity index (χ1v) is 10.8. The second kappa shape index (κ2) is 7.18. The van der Waals surface area contributed by atoms with Crippen LogP contribution in [0.25, 0.3) is 22.1 Å². The van der Waals surface area contributed by atoms with E-state index in [9.17, 15) is 17.6 Å². The second-order valence-electron chi connectivity index (χ2n) is 7.09. The molecule has 3 heterocycles. The van der Waals surface area contributed by atoms with Crippen molar-refractivity contribution < 1.29 is 22.0 Å². The maximum atomic E-state index is 13.8. The minimum atomic E-state index is -3.52. The molecule has 0 unspecified atom stereocenters. The predicted molar refractivity (Wildman–Crippen MR) is 106 cm³/mol. The molecular weight excluding hydrogens is 401 g/mol. The summed E-state index contributed by atoms with van der Waals surface area (Å²) in [5, 5.41) is 0.263. The van der Waals surface area contributed by atoms with Crippen LogP contribution in [0.1, 0.15) is 19.8 Å². The number of sulfonamides is 1. The molecule has 0 radical (unpaired) electrons. The molecule has 1 aliphatic rings. The van der Waals surface area contributed by atoms with E-state index in [-0.39, 0.29) is 28.3 Å². The number of aromatic nitrogens is 2. The number of nitrogens with zero attached hydrogens (tertiary/aromatic N) is 2. The molecule has 0 aromatic carbocycles. The fourth-order valence-electron chi connectivity index (χ4n) is 2.97. The average molecular weight is 421 g/mol. The summed E-state index contributed by atoms with van der Waals surface area (Å²) >= 11 is 0. The second-order valence-corrected chi connectivity index (χ2v) is 9.10. The van der Waals surface area contributed by atoms with E-state index in [1.54, 1.807) is 6.07 Å². The summed E-state index contributed by atoms with van der Waals surface area (Å²) in [5.41, 5.74) is 0.514. The smallest absolute Gasteiger partial charge is 0.294 e. The molecule has 8 nitrogen and oxygen atoms in total. The van der Waals surface area contributed by atoms with Crippen molar-refractivity contribution in [1.82, 2.24) is 9.55 Å². The third-order valence-corrected chi connectivity index (χ3v) is 6.08. The fourth-order valence-corrected chi connectivity index (χ4v) is 3.58. The molecule has 4 rings (SSSR count). The third kappa shape index (κ3) is 3.98. The normalized spacial score (nSPS) is 14.3. The van der Waals surface area contributed by atoms with E-state index in [2.05, 4.69) is 9.71 Å².